The third kappa shape index (κ3) is 3.57. The average Bonchev–Trinajstić information content (AvgIpc) is 3.00. The molecule has 2 heterocycles. The highest BCUT2D eigenvalue weighted by atomic mass is 32.1. The predicted octanol–water partition coefficient (Wildman–Crippen LogP) is 5.31. The Bertz CT molecular complexity index is 907. The number of aromatic nitrogens is 2. The maximum atomic E-state index is 12.5. The first-order chi connectivity index (χ1) is 12.4. The monoisotopic (exact) mass is 383 g/mol. The van der Waals surface area contributed by atoms with E-state index in [4.69, 9.17) is 0 Å². The molecule has 1 aromatic carbocycles. The lowest BCUT2D eigenvalue weighted by Gasteiger charge is -2.19. The molecular formula is C20H21N3OS2. The minimum Gasteiger partial charge on any atom is -0.300 e. The minimum atomic E-state index is 0.0320. The summed E-state index contributed by atoms with van der Waals surface area (Å²) in [6, 6.07) is 12.7. The molecule has 1 fully saturated rings. The van der Waals surface area contributed by atoms with Crippen LogP contribution in [0.2, 0.25) is 0 Å². The fourth-order valence-electron chi connectivity index (χ4n) is 3.06. The molecule has 2 aromatic heterocycles. The number of benzene rings is 1. The minimum absolute atomic E-state index is 0.0320. The van der Waals surface area contributed by atoms with Crippen molar-refractivity contribution in [2.24, 2.45) is 5.92 Å². The van der Waals surface area contributed by atoms with Crippen molar-refractivity contribution in [1.29, 1.82) is 0 Å². The van der Waals surface area contributed by atoms with Gasteiger partial charge >= 0.3 is 0 Å². The van der Waals surface area contributed by atoms with E-state index in [0.29, 0.717) is 11.0 Å². The molecule has 6 heteroatoms. The third-order valence-corrected chi connectivity index (χ3v) is 6.60. The van der Waals surface area contributed by atoms with Crippen LogP contribution >= 0.6 is 22.7 Å². The summed E-state index contributed by atoms with van der Waals surface area (Å²) in [5.74, 6) is 0.391. The lowest BCUT2D eigenvalue weighted by molar-refractivity contribution is -0.117. The van der Waals surface area contributed by atoms with Gasteiger partial charge in [0.05, 0.1) is 4.88 Å². The first-order valence-electron chi connectivity index (χ1n) is 8.70. The van der Waals surface area contributed by atoms with E-state index in [9.17, 15) is 4.79 Å². The Kier molecular flexibility index (Phi) is 4.40. The number of nitrogens with zero attached hydrogens (tertiary/aromatic N) is 2. The van der Waals surface area contributed by atoms with Crippen LogP contribution in [0.1, 0.15) is 44.2 Å². The van der Waals surface area contributed by atoms with Gasteiger partial charge in [0.15, 0.2) is 5.01 Å². The number of amides is 1. The van der Waals surface area contributed by atoms with Gasteiger partial charge in [0.1, 0.15) is 0 Å². The molecule has 0 aliphatic heterocycles. The average molecular weight is 384 g/mol. The molecule has 0 spiro atoms. The molecule has 1 aliphatic carbocycles. The molecule has 1 N–H and O–H groups in total. The van der Waals surface area contributed by atoms with E-state index in [-0.39, 0.29) is 17.2 Å². The van der Waals surface area contributed by atoms with Crippen molar-refractivity contribution in [3.05, 3.63) is 52.9 Å². The van der Waals surface area contributed by atoms with Gasteiger partial charge in [-0.25, -0.2) is 0 Å². The number of thiophene rings is 1. The Labute approximate surface area is 161 Å². The summed E-state index contributed by atoms with van der Waals surface area (Å²) in [5.41, 5.74) is 2.71. The van der Waals surface area contributed by atoms with E-state index in [1.54, 1.807) is 11.3 Å². The second-order valence-corrected chi connectivity index (χ2v) is 9.62. The maximum absolute atomic E-state index is 12.5. The van der Waals surface area contributed by atoms with Gasteiger partial charge in [-0.05, 0) is 40.3 Å². The van der Waals surface area contributed by atoms with Gasteiger partial charge in [-0.1, -0.05) is 62.4 Å². The van der Waals surface area contributed by atoms with Gasteiger partial charge in [0.2, 0.25) is 11.0 Å². The largest absolute Gasteiger partial charge is 0.300 e. The zero-order chi connectivity index (χ0) is 18.3. The smallest absolute Gasteiger partial charge is 0.229 e. The van der Waals surface area contributed by atoms with Crippen LogP contribution in [0.5, 0.6) is 0 Å². The lowest BCUT2D eigenvalue weighted by Crippen LogP contribution is -2.14. The number of hydrogen-bond donors (Lipinski definition) is 1. The molecule has 0 radical (unpaired) electrons. The number of carbonyl (C=O) groups excluding carboxylic acids is 1. The molecule has 2 atom stereocenters. The molecule has 1 amide bonds. The fraction of sp³-hybridized carbons (Fsp3) is 0.350. The standard InChI is InChI=1S/C20H21N3OS2/c1-20(2,3)13-8-6-12(7-9-13)14-11-15(14)17(24)21-19-23-22-18(26-19)16-5-4-10-25-16/h4-10,14-15H,11H2,1-3H3,(H,21,23,24)/t14-,15-/m1/s1. The van der Waals surface area contributed by atoms with Crippen molar-refractivity contribution in [3.8, 4) is 9.88 Å². The highest BCUT2D eigenvalue weighted by molar-refractivity contribution is 7.23. The third-order valence-electron chi connectivity index (χ3n) is 4.72. The van der Waals surface area contributed by atoms with Crippen LogP contribution in [-0.4, -0.2) is 16.1 Å². The number of anilines is 1. The van der Waals surface area contributed by atoms with Crippen LogP contribution in [-0.2, 0) is 10.2 Å². The van der Waals surface area contributed by atoms with E-state index in [1.807, 2.05) is 17.5 Å². The molecule has 0 bridgehead atoms. The van der Waals surface area contributed by atoms with Crippen molar-refractivity contribution < 1.29 is 4.79 Å². The van der Waals surface area contributed by atoms with Crippen LogP contribution in [0.25, 0.3) is 9.88 Å². The van der Waals surface area contributed by atoms with E-state index in [1.165, 1.54) is 22.5 Å². The molecule has 4 nitrogen and oxygen atoms in total. The SMILES string of the molecule is CC(C)(C)c1ccc([C@H]2C[C@H]2C(=O)Nc2nnc(-c3cccs3)s2)cc1. The van der Waals surface area contributed by atoms with Crippen molar-refractivity contribution >= 4 is 33.7 Å². The Morgan fingerprint density at radius 2 is 1.92 bits per heavy atom. The quantitative estimate of drug-likeness (QED) is 0.664. The van der Waals surface area contributed by atoms with Crippen molar-refractivity contribution in [3.63, 3.8) is 0 Å². The molecule has 0 unspecified atom stereocenters. The van der Waals surface area contributed by atoms with Gasteiger partial charge < -0.3 is 5.32 Å². The highest BCUT2D eigenvalue weighted by Crippen LogP contribution is 2.48. The van der Waals surface area contributed by atoms with Crippen LogP contribution in [0.3, 0.4) is 0 Å². The summed E-state index contributed by atoms with van der Waals surface area (Å²) < 4.78 is 0. The molecule has 4 rings (SSSR count). The molecule has 26 heavy (non-hydrogen) atoms. The molecule has 134 valence electrons. The summed E-state index contributed by atoms with van der Waals surface area (Å²) in [7, 11) is 0. The van der Waals surface area contributed by atoms with Gasteiger partial charge in [-0.3, -0.25) is 4.79 Å². The summed E-state index contributed by atoms with van der Waals surface area (Å²) in [6.45, 7) is 6.63. The van der Waals surface area contributed by atoms with E-state index >= 15 is 0 Å². The first-order valence-corrected chi connectivity index (χ1v) is 10.4. The predicted molar refractivity (Wildman–Crippen MR) is 108 cm³/mol. The van der Waals surface area contributed by atoms with E-state index in [2.05, 4.69) is 60.6 Å². The van der Waals surface area contributed by atoms with Gasteiger partial charge in [0, 0.05) is 5.92 Å². The number of nitrogens with one attached hydrogen (secondary N) is 1. The lowest BCUT2D eigenvalue weighted by atomic mass is 9.86. The highest BCUT2D eigenvalue weighted by Gasteiger charge is 2.44. The molecule has 3 aromatic rings. The summed E-state index contributed by atoms with van der Waals surface area (Å²) >= 11 is 3.04. The Morgan fingerprint density at radius 1 is 1.15 bits per heavy atom. The molecule has 0 saturated heterocycles. The zero-order valence-corrected chi connectivity index (χ0v) is 16.7. The summed E-state index contributed by atoms with van der Waals surface area (Å²) in [4.78, 5) is 13.6. The Balaban J connectivity index is 1.38. The van der Waals surface area contributed by atoms with Crippen LogP contribution in [0.4, 0.5) is 5.13 Å². The maximum Gasteiger partial charge on any atom is 0.229 e. The Morgan fingerprint density at radius 3 is 2.58 bits per heavy atom. The Hall–Kier alpha value is -2.05. The van der Waals surface area contributed by atoms with Crippen molar-refractivity contribution in [2.75, 3.05) is 5.32 Å². The zero-order valence-electron chi connectivity index (χ0n) is 15.0. The van der Waals surface area contributed by atoms with E-state index < -0.39 is 0 Å². The van der Waals surface area contributed by atoms with E-state index in [0.717, 1.165) is 16.3 Å². The number of rotatable bonds is 4. The topological polar surface area (TPSA) is 54.9 Å². The van der Waals surface area contributed by atoms with Gasteiger partial charge in [0.25, 0.3) is 0 Å². The second kappa shape index (κ2) is 6.59. The molecule has 1 saturated carbocycles. The summed E-state index contributed by atoms with van der Waals surface area (Å²) in [5, 5.41) is 14.6. The van der Waals surface area contributed by atoms with Crippen LogP contribution < -0.4 is 5.32 Å². The van der Waals surface area contributed by atoms with Crippen molar-refractivity contribution in [1.82, 2.24) is 10.2 Å². The molecule has 1 aliphatic rings. The van der Waals surface area contributed by atoms with Crippen molar-refractivity contribution in [2.45, 2.75) is 38.5 Å². The summed E-state index contributed by atoms with van der Waals surface area (Å²) in [6.07, 6.45) is 0.900. The van der Waals surface area contributed by atoms with Gasteiger partial charge in [-0.15, -0.1) is 21.5 Å². The van der Waals surface area contributed by atoms with Crippen LogP contribution in [0, 0.1) is 5.92 Å². The normalized spacial score (nSPS) is 19.3. The first kappa shape index (κ1) is 17.4. The second-order valence-electron chi connectivity index (χ2n) is 7.70. The fourth-order valence-corrected chi connectivity index (χ4v) is 4.59. The number of carbonyl (C=O) groups is 1. The number of hydrogen-bond acceptors (Lipinski definition) is 5. The molecular weight excluding hydrogens is 362 g/mol. The van der Waals surface area contributed by atoms with Gasteiger partial charge in [-0.2, -0.15) is 0 Å². The van der Waals surface area contributed by atoms with Crippen LogP contribution in [0.15, 0.2) is 41.8 Å².